The van der Waals surface area contributed by atoms with Crippen LogP contribution >= 0.6 is 0 Å². The molecular weight excluding hydrogens is 336 g/mol. The van der Waals surface area contributed by atoms with Crippen LogP contribution in [-0.4, -0.2) is 63.9 Å². The van der Waals surface area contributed by atoms with Crippen LogP contribution in [0.3, 0.4) is 0 Å². The summed E-state index contributed by atoms with van der Waals surface area (Å²) in [7, 11) is 0. The molecule has 2 heterocycles. The first kappa shape index (κ1) is 27.4. The van der Waals surface area contributed by atoms with Crippen LogP contribution in [0.4, 0.5) is 0 Å². The second-order valence-electron chi connectivity index (χ2n) is 5.66. The average Bonchev–Trinajstić information content (AvgIpc) is 3.00. The van der Waals surface area contributed by atoms with Gasteiger partial charge in [-0.1, -0.05) is 48.5 Å². The van der Waals surface area contributed by atoms with E-state index in [1.165, 1.54) is 0 Å². The highest BCUT2D eigenvalue weighted by Crippen LogP contribution is 2.10. The van der Waals surface area contributed by atoms with E-state index in [0.717, 1.165) is 0 Å². The van der Waals surface area contributed by atoms with Gasteiger partial charge < -0.3 is 18.9 Å². The van der Waals surface area contributed by atoms with Crippen molar-refractivity contribution in [3.05, 3.63) is 0 Å². The largest absolute Gasteiger partial charge is 0.378 e. The highest BCUT2D eigenvalue weighted by molar-refractivity contribution is 5.83. The summed E-state index contributed by atoms with van der Waals surface area (Å²) in [6.07, 6.45) is 0.243. The molecule has 0 spiro atoms. The van der Waals surface area contributed by atoms with Gasteiger partial charge in [0.15, 0.2) is 5.78 Å². The van der Waals surface area contributed by atoms with Gasteiger partial charge in [-0.3, -0.25) is 9.59 Å². The lowest BCUT2D eigenvalue weighted by Crippen LogP contribution is -2.34. The van der Waals surface area contributed by atoms with Crippen LogP contribution in [0.25, 0.3) is 0 Å². The van der Waals surface area contributed by atoms with Crippen LogP contribution in [-0.2, 0) is 28.5 Å². The number of ether oxygens (including phenoxy) is 4. The SMILES string of the molecule is CC.CC.CC(C)C(=O)C1COCCOC1.CCC(=O)C1COCCO1. The zero-order chi connectivity index (χ0) is 20.4. The minimum atomic E-state index is -0.293. The van der Waals surface area contributed by atoms with Crippen molar-refractivity contribution in [2.75, 3.05) is 46.2 Å². The first-order chi connectivity index (χ1) is 12.6. The van der Waals surface area contributed by atoms with Gasteiger partial charge in [-0.15, -0.1) is 0 Å². The summed E-state index contributed by atoms with van der Waals surface area (Å²) in [6.45, 7) is 17.5. The van der Waals surface area contributed by atoms with Crippen molar-refractivity contribution < 1.29 is 28.5 Å². The topological polar surface area (TPSA) is 71.1 Å². The molecule has 0 aromatic rings. The fourth-order valence-corrected chi connectivity index (χ4v) is 2.15. The predicted octanol–water partition coefficient (Wildman–Crippen LogP) is 3.31. The zero-order valence-corrected chi connectivity index (χ0v) is 17.8. The molecule has 2 aliphatic heterocycles. The molecule has 0 bridgehead atoms. The molecule has 0 saturated carbocycles. The van der Waals surface area contributed by atoms with Gasteiger partial charge in [0.1, 0.15) is 11.9 Å². The normalized spacial score (nSPS) is 20.2. The summed E-state index contributed by atoms with van der Waals surface area (Å²) in [5.74, 6) is 0.421. The van der Waals surface area contributed by atoms with Crippen molar-refractivity contribution in [2.45, 2.75) is 61.0 Å². The van der Waals surface area contributed by atoms with Gasteiger partial charge >= 0.3 is 0 Å². The molecule has 0 aromatic heterocycles. The molecule has 2 aliphatic rings. The smallest absolute Gasteiger partial charge is 0.163 e. The number of hydrogen-bond acceptors (Lipinski definition) is 6. The number of Topliss-reactive ketones (excluding diaryl/α,β-unsaturated/α-hetero) is 2. The van der Waals surface area contributed by atoms with Gasteiger partial charge in [0.2, 0.25) is 0 Å². The lowest BCUT2D eigenvalue weighted by Gasteiger charge is -2.20. The molecule has 156 valence electrons. The quantitative estimate of drug-likeness (QED) is 0.750. The summed E-state index contributed by atoms with van der Waals surface area (Å²) < 4.78 is 20.7. The van der Waals surface area contributed by atoms with Crippen LogP contribution in [0.2, 0.25) is 0 Å². The second kappa shape index (κ2) is 19.0. The monoisotopic (exact) mass is 376 g/mol. The fraction of sp³-hybridized carbons (Fsp3) is 0.900. The van der Waals surface area contributed by atoms with E-state index in [9.17, 15) is 9.59 Å². The number of rotatable bonds is 4. The van der Waals surface area contributed by atoms with E-state index in [2.05, 4.69) is 0 Å². The molecular formula is C20H40O6. The third kappa shape index (κ3) is 12.5. The number of carbonyl (C=O) groups excluding carboxylic acids is 2. The first-order valence-corrected chi connectivity index (χ1v) is 9.97. The first-order valence-electron chi connectivity index (χ1n) is 9.97. The molecule has 0 amide bonds. The maximum atomic E-state index is 11.5. The summed E-state index contributed by atoms with van der Waals surface area (Å²) in [5.41, 5.74) is 0. The maximum Gasteiger partial charge on any atom is 0.163 e. The molecule has 0 aromatic carbocycles. The average molecular weight is 377 g/mol. The van der Waals surface area contributed by atoms with E-state index in [4.69, 9.17) is 18.9 Å². The molecule has 0 aliphatic carbocycles. The van der Waals surface area contributed by atoms with Crippen LogP contribution < -0.4 is 0 Å². The molecule has 1 unspecified atom stereocenters. The van der Waals surface area contributed by atoms with Crippen LogP contribution in [0.1, 0.15) is 54.9 Å². The van der Waals surface area contributed by atoms with E-state index in [-0.39, 0.29) is 29.5 Å². The molecule has 1 atom stereocenters. The van der Waals surface area contributed by atoms with E-state index < -0.39 is 0 Å². The van der Waals surface area contributed by atoms with Crippen molar-refractivity contribution in [1.82, 2.24) is 0 Å². The third-order valence-corrected chi connectivity index (χ3v) is 3.50. The number of carbonyl (C=O) groups is 2. The van der Waals surface area contributed by atoms with E-state index in [0.29, 0.717) is 52.7 Å². The minimum Gasteiger partial charge on any atom is -0.378 e. The lowest BCUT2D eigenvalue weighted by atomic mass is 9.97. The third-order valence-electron chi connectivity index (χ3n) is 3.50. The van der Waals surface area contributed by atoms with E-state index in [1.807, 2.05) is 48.5 Å². The van der Waals surface area contributed by atoms with Crippen LogP contribution in [0.15, 0.2) is 0 Å². The van der Waals surface area contributed by atoms with Crippen LogP contribution in [0.5, 0.6) is 0 Å². The number of ketones is 2. The summed E-state index contributed by atoms with van der Waals surface area (Å²) in [4.78, 5) is 22.5. The van der Waals surface area contributed by atoms with Crippen LogP contribution in [0, 0.1) is 11.8 Å². The molecule has 6 heteroatoms. The Kier molecular flexibility index (Phi) is 20.0. The van der Waals surface area contributed by atoms with Gasteiger partial charge in [0.25, 0.3) is 0 Å². The van der Waals surface area contributed by atoms with Crippen molar-refractivity contribution in [2.24, 2.45) is 11.8 Å². The van der Waals surface area contributed by atoms with Crippen molar-refractivity contribution in [3.63, 3.8) is 0 Å². The van der Waals surface area contributed by atoms with Crippen molar-refractivity contribution >= 4 is 11.6 Å². The fourth-order valence-electron chi connectivity index (χ4n) is 2.15. The highest BCUT2D eigenvalue weighted by Gasteiger charge is 2.23. The summed E-state index contributed by atoms with van der Waals surface area (Å²) in [5, 5.41) is 0. The molecule has 0 radical (unpaired) electrons. The Balaban J connectivity index is 0. The Morgan fingerprint density at radius 3 is 1.69 bits per heavy atom. The van der Waals surface area contributed by atoms with Gasteiger partial charge in [0.05, 0.1) is 52.2 Å². The zero-order valence-electron chi connectivity index (χ0n) is 17.8. The van der Waals surface area contributed by atoms with Gasteiger partial charge in [-0.05, 0) is 0 Å². The molecule has 26 heavy (non-hydrogen) atoms. The lowest BCUT2D eigenvalue weighted by molar-refractivity contribution is -0.145. The molecule has 0 N–H and O–H groups in total. The van der Waals surface area contributed by atoms with E-state index in [1.54, 1.807) is 0 Å². The molecule has 2 fully saturated rings. The Morgan fingerprint density at radius 2 is 1.31 bits per heavy atom. The number of hydrogen-bond donors (Lipinski definition) is 0. The summed E-state index contributed by atoms with van der Waals surface area (Å²) >= 11 is 0. The molecule has 2 saturated heterocycles. The Labute approximate surface area is 159 Å². The standard InChI is InChI=1S/C9H16O3.C7H12O3.2C2H6/c1-7(2)9(10)8-5-11-3-4-12-6-8;1-2-6(8)7-5-9-3-4-10-7;2*1-2/h7-8H,3-6H2,1-2H3;7H,2-5H2,1H3;2*1-2H3. The van der Waals surface area contributed by atoms with Crippen molar-refractivity contribution in [1.29, 1.82) is 0 Å². The second-order valence-corrected chi connectivity index (χ2v) is 5.66. The minimum absolute atomic E-state index is 0.0486. The molecule has 6 nitrogen and oxygen atoms in total. The van der Waals surface area contributed by atoms with E-state index >= 15 is 0 Å². The van der Waals surface area contributed by atoms with Gasteiger partial charge in [0, 0.05) is 12.3 Å². The van der Waals surface area contributed by atoms with Crippen molar-refractivity contribution in [3.8, 4) is 0 Å². The Bertz CT molecular complexity index is 329. The highest BCUT2D eigenvalue weighted by atomic mass is 16.6. The predicted molar refractivity (Wildman–Crippen MR) is 104 cm³/mol. The Morgan fingerprint density at radius 1 is 0.846 bits per heavy atom. The van der Waals surface area contributed by atoms with Gasteiger partial charge in [-0.2, -0.15) is 0 Å². The van der Waals surface area contributed by atoms with Gasteiger partial charge in [-0.25, -0.2) is 0 Å². The molecule has 2 rings (SSSR count). The summed E-state index contributed by atoms with van der Waals surface area (Å²) in [6, 6.07) is 0. The maximum absolute atomic E-state index is 11.5. The Hall–Kier alpha value is -0.820.